The number of nitrogens with one attached hydrogen (secondary N) is 1. The fourth-order valence-corrected chi connectivity index (χ4v) is 5.93. The summed E-state index contributed by atoms with van der Waals surface area (Å²) in [5, 5.41) is 16.6. The Morgan fingerprint density at radius 2 is 1.93 bits per heavy atom. The molecule has 0 spiro atoms. The third-order valence-electron chi connectivity index (χ3n) is 4.97. The van der Waals surface area contributed by atoms with Gasteiger partial charge in [-0.05, 0) is 45.7 Å². The molecule has 4 heterocycles. The van der Waals surface area contributed by atoms with Crippen molar-refractivity contribution in [2.75, 3.05) is 18.4 Å². The van der Waals surface area contributed by atoms with E-state index in [0.29, 0.717) is 48.3 Å². The second-order valence-corrected chi connectivity index (χ2v) is 10.1. The molecule has 0 unspecified atom stereocenters. The van der Waals surface area contributed by atoms with Crippen LogP contribution in [0.4, 0.5) is 10.9 Å². The van der Waals surface area contributed by atoms with Gasteiger partial charge in [0, 0.05) is 24.7 Å². The SMILES string of the molecule is Cc1nnc(Nc2cccc(C3CCN(S(=O)(=O)c4c(C)noc4C)CC3)n2)s1. The molecule has 0 bridgehead atoms. The summed E-state index contributed by atoms with van der Waals surface area (Å²) in [4.78, 5) is 4.89. The monoisotopic (exact) mass is 434 g/mol. The van der Waals surface area contributed by atoms with Gasteiger partial charge in [0.05, 0.1) is 0 Å². The van der Waals surface area contributed by atoms with Crippen molar-refractivity contribution in [2.24, 2.45) is 0 Å². The van der Waals surface area contributed by atoms with E-state index in [2.05, 4.69) is 20.7 Å². The molecule has 11 heteroatoms. The van der Waals surface area contributed by atoms with Crippen molar-refractivity contribution in [3.05, 3.63) is 40.4 Å². The number of nitrogens with zero attached hydrogens (tertiary/aromatic N) is 5. The first-order valence-corrected chi connectivity index (χ1v) is 11.6. The summed E-state index contributed by atoms with van der Waals surface area (Å²) >= 11 is 1.47. The summed E-state index contributed by atoms with van der Waals surface area (Å²) in [5.41, 5.74) is 1.35. The van der Waals surface area contributed by atoms with E-state index < -0.39 is 10.0 Å². The lowest BCUT2D eigenvalue weighted by atomic mass is 9.94. The second kappa shape index (κ2) is 7.81. The molecular weight excluding hydrogens is 412 g/mol. The molecule has 9 nitrogen and oxygen atoms in total. The maximum Gasteiger partial charge on any atom is 0.248 e. The Kier molecular flexibility index (Phi) is 5.36. The number of aryl methyl sites for hydroxylation is 3. The number of sulfonamides is 1. The average Bonchev–Trinajstić information content (AvgIpc) is 3.26. The van der Waals surface area contributed by atoms with Crippen LogP contribution in [-0.2, 0) is 10.0 Å². The highest BCUT2D eigenvalue weighted by Crippen LogP contribution is 2.32. The number of pyridine rings is 1. The van der Waals surface area contributed by atoms with Crippen molar-refractivity contribution in [3.8, 4) is 0 Å². The number of rotatable bonds is 5. The van der Waals surface area contributed by atoms with E-state index in [1.165, 1.54) is 15.6 Å². The Morgan fingerprint density at radius 3 is 2.55 bits per heavy atom. The smallest absolute Gasteiger partial charge is 0.248 e. The first-order valence-electron chi connectivity index (χ1n) is 9.31. The Labute approximate surface area is 173 Å². The molecule has 1 saturated heterocycles. The number of hydrogen-bond donors (Lipinski definition) is 1. The van der Waals surface area contributed by atoms with Crippen LogP contribution in [-0.4, -0.2) is 46.2 Å². The molecule has 1 N–H and O–H groups in total. The highest BCUT2D eigenvalue weighted by Gasteiger charge is 2.34. The highest BCUT2D eigenvalue weighted by molar-refractivity contribution is 7.89. The van der Waals surface area contributed by atoms with E-state index in [1.807, 2.05) is 25.1 Å². The maximum absolute atomic E-state index is 13.0. The van der Waals surface area contributed by atoms with Gasteiger partial charge in [0.15, 0.2) is 5.76 Å². The quantitative estimate of drug-likeness (QED) is 0.651. The standard InChI is InChI=1S/C18H22N6O3S2/c1-11-17(12(2)27-23-11)29(25,26)24-9-7-14(8-10-24)15-5-4-6-16(19-15)20-18-22-21-13(3)28-18/h4-6,14H,7-10H2,1-3H3,(H,19,20,22). The van der Waals surface area contributed by atoms with Crippen molar-refractivity contribution in [2.45, 2.75) is 44.4 Å². The number of anilines is 2. The maximum atomic E-state index is 13.0. The van der Waals surface area contributed by atoms with Crippen LogP contribution in [0.3, 0.4) is 0 Å². The molecule has 3 aromatic rings. The van der Waals surface area contributed by atoms with Gasteiger partial charge in [-0.15, -0.1) is 10.2 Å². The zero-order valence-corrected chi connectivity index (χ0v) is 18.0. The Hall–Kier alpha value is -2.37. The summed E-state index contributed by atoms with van der Waals surface area (Å²) in [6, 6.07) is 5.82. The lowest BCUT2D eigenvalue weighted by Crippen LogP contribution is -2.38. The molecule has 0 saturated carbocycles. The van der Waals surface area contributed by atoms with Crippen LogP contribution in [0.2, 0.25) is 0 Å². The van der Waals surface area contributed by atoms with Crippen molar-refractivity contribution in [1.82, 2.24) is 24.6 Å². The van der Waals surface area contributed by atoms with Crippen LogP contribution in [0.15, 0.2) is 27.6 Å². The number of piperidine rings is 1. The van der Waals surface area contributed by atoms with Crippen molar-refractivity contribution >= 4 is 32.3 Å². The first kappa shape index (κ1) is 19.9. The molecule has 0 amide bonds. The second-order valence-electron chi connectivity index (χ2n) is 7.03. The van der Waals surface area contributed by atoms with Gasteiger partial charge in [-0.3, -0.25) is 0 Å². The minimum absolute atomic E-state index is 0.188. The van der Waals surface area contributed by atoms with Crippen molar-refractivity contribution in [1.29, 1.82) is 0 Å². The predicted octanol–water partition coefficient (Wildman–Crippen LogP) is 3.16. The van der Waals surface area contributed by atoms with Gasteiger partial charge in [-0.25, -0.2) is 13.4 Å². The minimum atomic E-state index is -3.60. The minimum Gasteiger partial charge on any atom is -0.360 e. The summed E-state index contributed by atoms with van der Waals surface area (Å²) in [7, 11) is -3.60. The Balaban J connectivity index is 1.45. The fourth-order valence-electron chi connectivity index (χ4n) is 3.57. The van der Waals surface area contributed by atoms with Crippen LogP contribution in [0.5, 0.6) is 0 Å². The van der Waals surface area contributed by atoms with Crippen molar-refractivity contribution in [3.63, 3.8) is 0 Å². The van der Waals surface area contributed by atoms with E-state index in [0.717, 1.165) is 10.7 Å². The summed E-state index contributed by atoms with van der Waals surface area (Å²) < 4.78 is 32.5. The van der Waals surface area contributed by atoms with Crippen LogP contribution in [0.25, 0.3) is 0 Å². The molecule has 0 atom stereocenters. The zero-order valence-electron chi connectivity index (χ0n) is 16.4. The third kappa shape index (κ3) is 4.02. The van der Waals surface area contributed by atoms with Gasteiger partial charge >= 0.3 is 0 Å². The zero-order chi connectivity index (χ0) is 20.6. The highest BCUT2D eigenvalue weighted by atomic mass is 32.2. The lowest BCUT2D eigenvalue weighted by molar-refractivity contribution is 0.316. The molecule has 1 aliphatic rings. The molecule has 1 aliphatic heterocycles. The average molecular weight is 435 g/mol. The van der Waals surface area contributed by atoms with Gasteiger partial charge in [-0.2, -0.15) is 4.31 Å². The lowest BCUT2D eigenvalue weighted by Gasteiger charge is -2.30. The molecule has 154 valence electrons. The van der Waals surface area contributed by atoms with Gasteiger partial charge < -0.3 is 9.84 Å². The molecule has 29 heavy (non-hydrogen) atoms. The molecule has 0 aliphatic carbocycles. The van der Waals surface area contributed by atoms with E-state index in [-0.39, 0.29) is 10.8 Å². The summed E-state index contributed by atoms with van der Waals surface area (Å²) in [6.07, 6.45) is 1.41. The number of aromatic nitrogens is 4. The Morgan fingerprint density at radius 1 is 1.17 bits per heavy atom. The van der Waals surface area contributed by atoms with Gasteiger partial charge in [-0.1, -0.05) is 22.6 Å². The predicted molar refractivity (Wildman–Crippen MR) is 109 cm³/mol. The first-order chi connectivity index (χ1) is 13.8. The molecule has 0 radical (unpaired) electrons. The van der Waals surface area contributed by atoms with Gasteiger partial charge in [0.1, 0.15) is 21.4 Å². The summed E-state index contributed by atoms with van der Waals surface area (Å²) in [6.45, 7) is 6.05. The van der Waals surface area contributed by atoms with Crippen LogP contribution in [0, 0.1) is 20.8 Å². The van der Waals surface area contributed by atoms with E-state index in [1.54, 1.807) is 13.8 Å². The summed E-state index contributed by atoms with van der Waals surface area (Å²) in [5.74, 6) is 1.24. The fraction of sp³-hybridized carbons (Fsp3) is 0.444. The number of hydrogen-bond acceptors (Lipinski definition) is 9. The molecular formula is C18H22N6O3S2. The molecule has 0 aromatic carbocycles. The molecule has 1 fully saturated rings. The van der Waals surface area contributed by atoms with E-state index >= 15 is 0 Å². The van der Waals surface area contributed by atoms with Gasteiger partial charge in [0.25, 0.3) is 0 Å². The van der Waals surface area contributed by atoms with Crippen LogP contribution < -0.4 is 5.32 Å². The normalized spacial score (nSPS) is 16.2. The van der Waals surface area contributed by atoms with E-state index in [4.69, 9.17) is 9.51 Å². The van der Waals surface area contributed by atoms with Gasteiger partial charge in [0.2, 0.25) is 15.2 Å². The third-order valence-corrected chi connectivity index (χ3v) is 7.87. The molecule has 3 aromatic heterocycles. The van der Waals surface area contributed by atoms with Crippen molar-refractivity contribution < 1.29 is 12.9 Å². The van der Waals surface area contributed by atoms with Crippen LogP contribution in [0.1, 0.15) is 40.9 Å². The Bertz CT molecular complexity index is 1100. The van der Waals surface area contributed by atoms with Crippen LogP contribution >= 0.6 is 11.3 Å². The topological polar surface area (TPSA) is 114 Å². The largest absolute Gasteiger partial charge is 0.360 e. The molecule has 4 rings (SSSR count). The van der Waals surface area contributed by atoms with E-state index in [9.17, 15) is 8.42 Å².